The lowest BCUT2D eigenvalue weighted by molar-refractivity contribution is 0.0951. The molecule has 1 fully saturated rings. The van der Waals surface area contributed by atoms with Crippen molar-refractivity contribution in [2.75, 3.05) is 0 Å². The Morgan fingerprint density at radius 3 is 2.80 bits per heavy atom. The van der Waals surface area contributed by atoms with Gasteiger partial charge in [0.25, 0.3) is 0 Å². The van der Waals surface area contributed by atoms with Gasteiger partial charge in [-0.3, -0.25) is 4.90 Å². The van der Waals surface area contributed by atoms with Gasteiger partial charge in [-0.05, 0) is 54.5 Å². The van der Waals surface area contributed by atoms with E-state index in [0.717, 1.165) is 18.5 Å². The van der Waals surface area contributed by atoms with Crippen molar-refractivity contribution in [1.82, 2.24) is 9.88 Å². The van der Waals surface area contributed by atoms with Gasteiger partial charge in [-0.1, -0.05) is 42.8 Å². The van der Waals surface area contributed by atoms with Crippen LogP contribution < -0.4 is 0 Å². The van der Waals surface area contributed by atoms with Crippen LogP contribution >= 0.6 is 0 Å². The second-order valence-corrected chi connectivity index (χ2v) is 7.21. The molecule has 25 heavy (non-hydrogen) atoms. The van der Waals surface area contributed by atoms with Gasteiger partial charge >= 0.3 is 0 Å². The van der Waals surface area contributed by atoms with Crippen molar-refractivity contribution in [3.05, 3.63) is 71.1 Å². The van der Waals surface area contributed by atoms with Crippen LogP contribution in [0.4, 0.5) is 0 Å². The van der Waals surface area contributed by atoms with Crippen molar-refractivity contribution in [3.8, 4) is 6.07 Å². The van der Waals surface area contributed by atoms with Crippen molar-refractivity contribution in [2.24, 2.45) is 0 Å². The molecule has 2 atom stereocenters. The standard InChI is InChI=1S/C22H23N3/c1-16-10-19(14-24-22(16)13-23)18-11-20-8-5-9-21(12-18)25(20)15-17-6-3-2-4-7-17/h2-4,6-7,10-11,14,20-21H,5,8-9,12,15H2,1H3. The van der Waals surface area contributed by atoms with Crippen LogP contribution in [-0.2, 0) is 6.54 Å². The maximum absolute atomic E-state index is 9.09. The summed E-state index contributed by atoms with van der Waals surface area (Å²) < 4.78 is 0. The lowest BCUT2D eigenvalue weighted by Crippen LogP contribution is -2.47. The molecule has 0 radical (unpaired) electrons. The Kier molecular flexibility index (Phi) is 4.38. The first-order chi connectivity index (χ1) is 12.2. The number of rotatable bonds is 3. The van der Waals surface area contributed by atoms with Gasteiger partial charge in [-0.15, -0.1) is 0 Å². The van der Waals surface area contributed by atoms with Crippen LogP contribution in [0.15, 0.2) is 48.7 Å². The molecule has 4 rings (SSSR count). The first-order valence-corrected chi connectivity index (χ1v) is 9.12. The van der Waals surface area contributed by atoms with Crippen LogP contribution in [0.1, 0.15) is 48.1 Å². The molecule has 3 heterocycles. The lowest BCUT2D eigenvalue weighted by atomic mass is 9.82. The Labute approximate surface area is 149 Å². The second-order valence-electron chi connectivity index (χ2n) is 7.21. The van der Waals surface area contributed by atoms with Gasteiger partial charge < -0.3 is 0 Å². The van der Waals surface area contributed by atoms with Crippen LogP contribution in [0.3, 0.4) is 0 Å². The van der Waals surface area contributed by atoms with E-state index in [2.05, 4.69) is 58.4 Å². The van der Waals surface area contributed by atoms with Crippen LogP contribution in [0.2, 0.25) is 0 Å². The summed E-state index contributed by atoms with van der Waals surface area (Å²) in [4.78, 5) is 7.01. The zero-order valence-electron chi connectivity index (χ0n) is 14.7. The maximum atomic E-state index is 9.09. The highest BCUT2D eigenvalue weighted by atomic mass is 15.2. The molecule has 2 aromatic rings. The smallest absolute Gasteiger partial charge is 0.143 e. The Bertz CT molecular complexity index is 832. The van der Waals surface area contributed by atoms with E-state index < -0.39 is 0 Å². The average Bonchev–Trinajstić information content (AvgIpc) is 2.62. The minimum atomic E-state index is 0.513. The lowest BCUT2D eigenvalue weighted by Gasteiger charge is -2.45. The molecule has 1 aromatic carbocycles. The summed E-state index contributed by atoms with van der Waals surface area (Å²) in [7, 11) is 0. The van der Waals surface area contributed by atoms with Crippen molar-refractivity contribution in [3.63, 3.8) is 0 Å². The number of fused-ring (bicyclic) bond motifs is 2. The fourth-order valence-electron chi connectivity index (χ4n) is 4.24. The number of nitrogens with zero attached hydrogens (tertiary/aromatic N) is 3. The van der Waals surface area contributed by atoms with Gasteiger partial charge in [-0.25, -0.2) is 4.98 Å². The van der Waals surface area contributed by atoms with Crippen LogP contribution in [0, 0.1) is 18.3 Å². The third-order valence-electron chi connectivity index (χ3n) is 5.54. The minimum absolute atomic E-state index is 0.513. The molecule has 2 unspecified atom stereocenters. The summed E-state index contributed by atoms with van der Waals surface area (Å²) in [6.45, 7) is 3.01. The molecule has 2 bridgehead atoms. The predicted molar refractivity (Wildman–Crippen MR) is 99.7 cm³/mol. The van der Waals surface area contributed by atoms with Crippen LogP contribution in [0.25, 0.3) is 5.57 Å². The van der Waals surface area contributed by atoms with Crippen LogP contribution in [-0.4, -0.2) is 22.0 Å². The third kappa shape index (κ3) is 3.23. The van der Waals surface area contributed by atoms with E-state index in [-0.39, 0.29) is 0 Å². The average molecular weight is 329 g/mol. The molecule has 2 aliphatic heterocycles. The monoisotopic (exact) mass is 329 g/mol. The normalized spacial score (nSPS) is 23.0. The summed E-state index contributed by atoms with van der Waals surface area (Å²) in [5.74, 6) is 0. The molecule has 3 nitrogen and oxygen atoms in total. The number of pyridine rings is 1. The number of piperidine rings is 1. The SMILES string of the molecule is Cc1cc(C2=CC3CCCC(C2)N3Cc2ccccc2)cnc1C#N. The van der Waals surface area contributed by atoms with E-state index in [4.69, 9.17) is 5.26 Å². The molecule has 0 spiro atoms. The van der Waals surface area contributed by atoms with Crippen molar-refractivity contribution >= 4 is 5.57 Å². The highest BCUT2D eigenvalue weighted by Gasteiger charge is 2.34. The number of benzene rings is 1. The molecule has 3 heteroatoms. The van der Waals surface area contributed by atoms with Crippen LogP contribution in [0.5, 0.6) is 0 Å². The number of nitriles is 1. The van der Waals surface area contributed by atoms with Crippen molar-refractivity contribution in [1.29, 1.82) is 5.26 Å². The van der Waals surface area contributed by atoms with E-state index in [0.29, 0.717) is 17.8 Å². The molecule has 0 amide bonds. The van der Waals surface area contributed by atoms with Gasteiger partial charge in [0.1, 0.15) is 11.8 Å². The number of aromatic nitrogens is 1. The summed E-state index contributed by atoms with van der Waals surface area (Å²) in [5, 5.41) is 9.09. The third-order valence-corrected chi connectivity index (χ3v) is 5.54. The fraction of sp³-hybridized carbons (Fsp3) is 0.364. The topological polar surface area (TPSA) is 39.9 Å². The fourth-order valence-corrected chi connectivity index (χ4v) is 4.24. The molecule has 1 aromatic heterocycles. The molecular weight excluding hydrogens is 306 g/mol. The highest BCUT2D eigenvalue weighted by Crippen LogP contribution is 2.38. The van der Waals surface area contributed by atoms with Gasteiger partial charge in [-0.2, -0.15) is 5.26 Å². The Balaban J connectivity index is 1.61. The zero-order chi connectivity index (χ0) is 17.2. The molecule has 126 valence electrons. The summed E-state index contributed by atoms with van der Waals surface area (Å²) in [6.07, 6.45) is 9.21. The zero-order valence-corrected chi connectivity index (χ0v) is 14.7. The van der Waals surface area contributed by atoms with E-state index >= 15 is 0 Å². The quantitative estimate of drug-likeness (QED) is 0.834. The van der Waals surface area contributed by atoms with Gasteiger partial charge in [0.05, 0.1) is 0 Å². The number of aryl methyl sites for hydroxylation is 1. The van der Waals surface area contributed by atoms with Gasteiger partial charge in [0.15, 0.2) is 0 Å². The first-order valence-electron chi connectivity index (χ1n) is 9.12. The Morgan fingerprint density at radius 2 is 2.08 bits per heavy atom. The summed E-state index contributed by atoms with van der Waals surface area (Å²) in [5.41, 5.74) is 5.49. The van der Waals surface area contributed by atoms with E-state index in [1.54, 1.807) is 0 Å². The maximum Gasteiger partial charge on any atom is 0.143 e. The largest absolute Gasteiger partial charge is 0.289 e. The van der Waals surface area contributed by atoms with Crippen molar-refractivity contribution < 1.29 is 0 Å². The molecule has 0 aliphatic carbocycles. The number of hydrogen-bond acceptors (Lipinski definition) is 3. The minimum Gasteiger partial charge on any atom is -0.289 e. The second kappa shape index (κ2) is 6.82. The first kappa shape index (κ1) is 16.1. The van der Waals surface area contributed by atoms with Gasteiger partial charge in [0.2, 0.25) is 0 Å². The molecule has 1 saturated heterocycles. The van der Waals surface area contributed by atoms with E-state index in [1.807, 2.05) is 13.1 Å². The molecule has 2 aliphatic rings. The van der Waals surface area contributed by atoms with E-state index in [1.165, 1.54) is 36.0 Å². The van der Waals surface area contributed by atoms with Gasteiger partial charge in [0, 0.05) is 24.8 Å². The Hall–Kier alpha value is -2.44. The summed E-state index contributed by atoms with van der Waals surface area (Å²) in [6, 6.07) is 16.2. The summed E-state index contributed by atoms with van der Waals surface area (Å²) >= 11 is 0. The Morgan fingerprint density at radius 1 is 1.24 bits per heavy atom. The number of hydrogen-bond donors (Lipinski definition) is 0. The predicted octanol–water partition coefficient (Wildman–Crippen LogP) is 4.47. The molecule has 0 saturated carbocycles. The molecular formula is C22H23N3. The van der Waals surface area contributed by atoms with E-state index in [9.17, 15) is 0 Å². The highest BCUT2D eigenvalue weighted by molar-refractivity contribution is 5.68. The molecule has 0 N–H and O–H groups in total. The van der Waals surface area contributed by atoms with Crippen molar-refractivity contribution in [2.45, 2.75) is 51.2 Å².